The van der Waals surface area contributed by atoms with Gasteiger partial charge in [-0.25, -0.2) is 0 Å². The zero-order chi connectivity index (χ0) is 18.2. The Kier molecular flexibility index (Phi) is 5.20. The van der Waals surface area contributed by atoms with E-state index in [2.05, 4.69) is 0 Å². The first-order chi connectivity index (χ1) is 11.3. The van der Waals surface area contributed by atoms with E-state index in [1.807, 2.05) is 12.1 Å². The summed E-state index contributed by atoms with van der Waals surface area (Å²) in [7, 11) is 0. The molecule has 0 aromatic carbocycles. The van der Waals surface area contributed by atoms with E-state index in [-0.39, 0.29) is 21.6 Å². The van der Waals surface area contributed by atoms with E-state index >= 15 is 0 Å². The third-order valence-corrected chi connectivity index (χ3v) is 4.44. The minimum atomic E-state index is -1.64. The Morgan fingerprint density at radius 2 is 1.75 bits per heavy atom. The second-order valence-electron chi connectivity index (χ2n) is 5.38. The zero-order valence-electron chi connectivity index (χ0n) is 12.6. The zero-order valence-corrected chi connectivity index (χ0v) is 13.4. The SMILES string of the molecule is Cc1c(C#N)c(N)n([C@@H]2O[C@@H](CO)[C@@H](O)[C@@H](O)[C@@H]2O)c(=S)c1C#N. The molecule has 1 aliphatic rings. The lowest BCUT2D eigenvalue weighted by Crippen LogP contribution is -2.56. The van der Waals surface area contributed by atoms with Crippen LogP contribution in [0.3, 0.4) is 0 Å². The Labute approximate surface area is 142 Å². The highest BCUT2D eigenvalue weighted by atomic mass is 32.1. The van der Waals surface area contributed by atoms with Crippen molar-refractivity contribution in [2.75, 3.05) is 12.3 Å². The molecule has 1 fully saturated rings. The minimum absolute atomic E-state index is 0.00714. The lowest BCUT2D eigenvalue weighted by Gasteiger charge is -2.41. The molecule has 9 nitrogen and oxygen atoms in total. The van der Waals surface area contributed by atoms with E-state index in [1.165, 1.54) is 6.92 Å². The Hall–Kier alpha value is -2.05. The molecule has 0 radical (unpaired) electrons. The molecule has 0 spiro atoms. The van der Waals surface area contributed by atoms with Crippen LogP contribution in [0.5, 0.6) is 0 Å². The quantitative estimate of drug-likeness (QED) is 0.411. The summed E-state index contributed by atoms with van der Waals surface area (Å²) in [6, 6.07) is 3.74. The first-order valence-electron chi connectivity index (χ1n) is 6.95. The van der Waals surface area contributed by atoms with Gasteiger partial charge in [0.05, 0.1) is 17.7 Å². The highest BCUT2D eigenvalue weighted by Gasteiger charge is 2.45. The van der Waals surface area contributed by atoms with Crippen LogP contribution >= 0.6 is 12.2 Å². The number of nitriles is 2. The molecule has 1 aromatic heterocycles. The Bertz CT molecular complexity index is 794. The maximum absolute atomic E-state index is 10.2. The number of hydrogen-bond acceptors (Lipinski definition) is 9. The predicted molar refractivity (Wildman–Crippen MR) is 82.9 cm³/mol. The molecule has 128 valence electrons. The molecule has 1 aromatic rings. The van der Waals surface area contributed by atoms with Gasteiger partial charge in [0.2, 0.25) is 0 Å². The lowest BCUT2D eigenvalue weighted by atomic mass is 9.97. The van der Waals surface area contributed by atoms with Gasteiger partial charge < -0.3 is 30.9 Å². The van der Waals surface area contributed by atoms with Crippen molar-refractivity contribution in [1.29, 1.82) is 10.5 Å². The summed E-state index contributed by atoms with van der Waals surface area (Å²) in [5.41, 5.74) is 6.23. The summed E-state index contributed by atoms with van der Waals surface area (Å²) in [5.74, 6) is -0.150. The fourth-order valence-electron chi connectivity index (χ4n) is 2.65. The topological polar surface area (TPSA) is 169 Å². The number of aromatic nitrogens is 1. The van der Waals surface area contributed by atoms with Crippen molar-refractivity contribution < 1.29 is 25.2 Å². The Morgan fingerprint density at radius 1 is 1.17 bits per heavy atom. The van der Waals surface area contributed by atoms with Gasteiger partial charge >= 0.3 is 0 Å². The first-order valence-corrected chi connectivity index (χ1v) is 7.36. The van der Waals surface area contributed by atoms with Crippen LogP contribution in [0.4, 0.5) is 5.82 Å². The van der Waals surface area contributed by atoms with E-state index in [9.17, 15) is 30.9 Å². The van der Waals surface area contributed by atoms with Crippen LogP contribution in [0.25, 0.3) is 0 Å². The van der Waals surface area contributed by atoms with Crippen molar-refractivity contribution >= 4 is 18.0 Å². The number of pyridine rings is 1. The number of nitrogen functional groups attached to an aromatic ring is 1. The smallest absolute Gasteiger partial charge is 0.165 e. The van der Waals surface area contributed by atoms with Crippen molar-refractivity contribution in [2.24, 2.45) is 0 Å². The summed E-state index contributed by atoms with van der Waals surface area (Å²) in [4.78, 5) is 0. The van der Waals surface area contributed by atoms with E-state index < -0.39 is 37.3 Å². The fourth-order valence-corrected chi connectivity index (χ4v) is 3.05. The number of rotatable bonds is 2. The van der Waals surface area contributed by atoms with Crippen molar-refractivity contribution in [3.63, 3.8) is 0 Å². The Balaban J connectivity index is 2.71. The molecule has 0 amide bonds. The number of nitrogens with zero attached hydrogens (tertiary/aromatic N) is 3. The van der Waals surface area contributed by atoms with Crippen molar-refractivity contribution in [3.05, 3.63) is 21.3 Å². The van der Waals surface area contributed by atoms with Gasteiger partial charge in [0, 0.05) is 0 Å². The molecular formula is C14H16N4O5S. The van der Waals surface area contributed by atoms with Gasteiger partial charge in [-0.2, -0.15) is 10.5 Å². The predicted octanol–water partition coefficient (Wildman–Crippen LogP) is -1.18. The highest BCUT2D eigenvalue weighted by Crippen LogP contribution is 2.33. The van der Waals surface area contributed by atoms with Crippen molar-refractivity contribution in [2.45, 2.75) is 37.6 Å². The second kappa shape index (κ2) is 6.83. The molecule has 1 saturated heterocycles. The van der Waals surface area contributed by atoms with Crippen LogP contribution in [-0.2, 0) is 4.74 Å². The number of hydrogen-bond donors (Lipinski definition) is 5. The molecule has 0 bridgehead atoms. The normalized spacial score (nSPS) is 29.7. The van der Waals surface area contributed by atoms with Gasteiger partial charge in [-0.3, -0.25) is 4.57 Å². The maximum Gasteiger partial charge on any atom is 0.165 e. The van der Waals surface area contributed by atoms with Gasteiger partial charge in [-0.15, -0.1) is 0 Å². The molecule has 2 heterocycles. The molecular weight excluding hydrogens is 336 g/mol. The fraction of sp³-hybridized carbons (Fsp3) is 0.500. The van der Waals surface area contributed by atoms with Gasteiger partial charge in [-0.05, 0) is 12.5 Å². The summed E-state index contributed by atoms with van der Waals surface area (Å²) in [5, 5.41) is 57.8. The van der Waals surface area contributed by atoms with Gasteiger partial charge in [0.15, 0.2) is 6.23 Å². The molecule has 2 rings (SSSR count). The van der Waals surface area contributed by atoms with Crippen LogP contribution < -0.4 is 5.73 Å². The molecule has 0 saturated carbocycles. The minimum Gasteiger partial charge on any atom is -0.394 e. The molecule has 1 aliphatic heterocycles. The van der Waals surface area contributed by atoms with Gasteiger partial charge in [0.25, 0.3) is 0 Å². The maximum atomic E-state index is 10.2. The van der Waals surface area contributed by atoms with Crippen LogP contribution in [0.15, 0.2) is 0 Å². The third-order valence-electron chi connectivity index (χ3n) is 4.04. The monoisotopic (exact) mass is 352 g/mol. The van der Waals surface area contributed by atoms with Crippen LogP contribution in [0.2, 0.25) is 0 Å². The highest BCUT2D eigenvalue weighted by molar-refractivity contribution is 7.71. The largest absolute Gasteiger partial charge is 0.394 e. The summed E-state index contributed by atoms with van der Waals surface area (Å²) in [6.45, 7) is 0.887. The van der Waals surface area contributed by atoms with E-state index in [4.69, 9.17) is 22.7 Å². The number of aliphatic hydroxyl groups is 4. The average Bonchev–Trinajstić information content (AvgIpc) is 2.55. The lowest BCUT2D eigenvalue weighted by molar-refractivity contribution is -0.251. The molecule has 24 heavy (non-hydrogen) atoms. The number of nitrogens with two attached hydrogens (primary N) is 1. The third kappa shape index (κ3) is 2.65. The average molecular weight is 352 g/mol. The van der Waals surface area contributed by atoms with Crippen LogP contribution in [-0.4, -0.2) is 56.0 Å². The van der Waals surface area contributed by atoms with Crippen molar-refractivity contribution in [1.82, 2.24) is 4.57 Å². The summed E-state index contributed by atoms with van der Waals surface area (Å²) in [6.07, 6.45) is -7.38. The molecule has 5 atom stereocenters. The van der Waals surface area contributed by atoms with E-state index in [0.717, 1.165) is 4.57 Å². The van der Waals surface area contributed by atoms with Crippen LogP contribution in [0.1, 0.15) is 22.9 Å². The first kappa shape index (κ1) is 18.3. The summed E-state index contributed by atoms with van der Waals surface area (Å²) < 4.78 is 6.36. The number of aliphatic hydroxyl groups excluding tert-OH is 4. The number of anilines is 1. The molecule has 10 heteroatoms. The number of ether oxygens (including phenoxy) is 1. The van der Waals surface area contributed by atoms with Crippen LogP contribution in [0, 0.1) is 34.2 Å². The van der Waals surface area contributed by atoms with E-state index in [1.54, 1.807) is 0 Å². The van der Waals surface area contributed by atoms with Gasteiger partial charge in [0.1, 0.15) is 47.0 Å². The van der Waals surface area contributed by atoms with Gasteiger partial charge in [-0.1, -0.05) is 12.2 Å². The molecule has 0 aliphatic carbocycles. The van der Waals surface area contributed by atoms with E-state index in [0.29, 0.717) is 5.56 Å². The molecule has 0 unspecified atom stereocenters. The van der Waals surface area contributed by atoms with Crippen molar-refractivity contribution in [3.8, 4) is 12.1 Å². The Morgan fingerprint density at radius 3 is 2.25 bits per heavy atom. The summed E-state index contributed by atoms with van der Waals surface area (Å²) >= 11 is 5.20. The standard InChI is InChI=1S/C14H16N4O5S/c1-5-6(2-15)12(17)18(14(24)7(5)3-16)13-11(22)10(21)9(20)8(4-19)23-13/h8-11,13,19-22H,4,17H2,1H3/t8-,9+,10+,11-,13+/m0/s1. The molecule has 6 N–H and O–H groups in total. The second-order valence-corrected chi connectivity index (χ2v) is 5.77.